The first-order valence-electron chi connectivity index (χ1n) is 5.22. The van der Waals surface area contributed by atoms with E-state index in [1.807, 2.05) is 18.2 Å². The van der Waals surface area contributed by atoms with Crippen LogP contribution in [-0.4, -0.2) is 0 Å². The lowest BCUT2D eigenvalue weighted by atomic mass is 10.0. The zero-order chi connectivity index (χ0) is 10.4. The fraction of sp³-hybridized carbons (Fsp3) is 0.385. The summed E-state index contributed by atoms with van der Waals surface area (Å²) >= 11 is 4.42. The highest BCUT2D eigenvalue weighted by atomic mass is 32.1. The molecule has 0 aliphatic carbocycles. The van der Waals surface area contributed by atoms with Gasteiger partial charge in [-0.2, -0.15) is 0 Å². The molecular formula is C13H18S. The Kier molecular flexibility index (Phi) is 4.81. The maximum atomic E-state index is 4.42. The molecule has 1 rings (SSSR count). The molecule has 1 heteroatoms. The molecule has 0 bridgehead atoms. The molecule has 1 aromatic carbocycles. The highest BCUT2D eigenvalue weighted by Gasteiger charge is 2.01. The lowest BCUT2D eigenvalue weighted by Crippen LogP contribution is -1.85. The summed E-state index contributed by atoms with van der Waals surface area (Å²) in [5.74, 6) is 0. The average Bonchev–Trinajstić information content (AvgIpc) is 2.18. The Labute approximate surface area is 92.5 Å². The zero-order valence-electron chi connectivity index (χ0n) is 8.79. The molecule has 0 aromatic heterocycles. The summed E-state index contributed by atoms with van der Waals surface area (Å²) in [6, 6.07) is 8.16. The second-order valence-corrected chi connectivity index (χ2v) is 4.06. The van der Waals surface area contributed by atoms with Gasteiger partial charge in [-0.15, -0.1) is 12.6 Å². The van der Waals surface area contributed by atoms with Gasteiger partial charge < -0.3 is 0 Å². The Hall–Kier alpha value is -0.690. The van der Waals surface area contributed by atoms with Crippen LogP contribution in [0.1, 0.15) is 38.2 Å². The summed E-state index contributed by atoms with van der Waals surface area (Å²) in [5, 5.41) is 0. The van der Waals surface area contributed by atoms with Crippen molar-refractivity contribution < 1.29 is 0 Å². The number of benzene rings is 1. The van der Waals surface area contributed by atoms with Gasteiger partial charge in [0.2, 0.25) is 0 Å². The van der Waals surface area contributed by atoms with Crippen molar-refractivity contribution in [2.45, 2.75) is 37.5 Å². The second kappa shape index (κ2) is 5.92. The lowest BCUT2D eigenvalue weighted by molar-refractivity contribution is 0.735. The van der Waals surface area contributed by atoms with Crippen LogP contribution in [0.5, 0.6) is 0 Å². The van der Waals surface area contributed by atoms with Crippen molar-refractivity contribution in [2.75, 3.05) is 0 Å². The Balaban J connectivity index is 2.56. The van der Waals surface area contributed by atoms with E-state index in [1.165, 1.54) is 30.4 Å². The first kappa shape index (κ1) is 11.4. The largest absolute Gasteiger partial charge is 0.143 e. The van der Waals surface area contributed by atoms with Crippen molar-refractivity contribution in [3.8, 4) is 0 Å². The molecule has 0 saturated carbocycles. The van der Waals surface area contributed by atoms with Gasteiger partial charge in [-0.25, -0.2) is 0 Å². The van der Waals surface area contributed by atoms with Crippen LogP contribution in [-0.2, 0) is 0 Å². The Morgan fingerprint density at radius 2 is 2.00 bits per heavy atom. The fourth-order valence-electron chi connectivity index (χ4n) is 1.50. The molecule has 0 heterocycles. The average molecular weight is 206 g/mol. The predicted molar refractivity (Wildman–Crippen MR) is 66.9 cm³/mol. The van der Waals surface area contributed by atoms with E-state index < -0.39 is 0 Å². The third-order valence-corrected chi connectivity index (χ3v) is 2.76. The van der Waals surface area contributed by atoms with Crippen molar-refractivity contribution >= 4 is 18.2 Å². The summed E-state index contributed by atoms with van der Waals surface area (Å²) in [5.41, 5.74) is 2.41. The van der Waals surface area contributed by atoms with Crippen molar-refractivity contribution in [1.29, 1.82) is 0 Å². The van der Waals surface area contributed by atoms with Crippen LogP contribution in [0.2, 0.25) is 0 Å². The molecule has 0 amide bonds. The molecule has 0 aliphatic heterocycles. The molecule has 0 saturated heterocycles. The van der Waals surface area contributed by atoms with Gasteiger partial charge in [0.05, 0.1) is 0 Å². The number of allylic oxidation sites excluding steroid dienone is 1. The lowest BCUT2D eigenvalue weighted by Gasteiger charge is -2.07. The SMILES string of the molecule is C=C(CCCCC)c1ccccc1S. The molecule has 14 heavy (non-hydrogen) atoms. The van der Waals surface area contributed by atoms with E-state index >= 15 is 0 Å². The Bertz CT molecular complexity index is 302. The topological polar surface area (TPSA) is 0 Å². The molecular weight excluding hydrogens is 188 g/mol. The molecule has 0 atom stereocenters. The molecule has 0 unspecified atom stereocenters. The minimum atomic E-state index is 1.04. The van der Waals surface area contributed by atoms with Crippen LogP contribution >= 0.6 is 12.6 Å². The number of rotatable bonds is 5. The number of unbranched alkanes of at least 4 members (excludes halogenated alkanes) is 2. The van der Waals surface area contributed by atoms with Gasteiger partial charge in [0.1, 0.15) is 0 Å². The van der Waals surface area contributed by atoms with E-state index in [2.05, 4.69) is 32.2 Å². The van der Waals surface area contributed by atoms with Gasteiger partial charge in [-0.3, -0.25) is 0 Å². The van der Waals surface area contributed by atoms with E-state index in [1.54, 1.807) is 0 Å². The van der Waals surface area contributed by atoms with Gasteiger partial charge >= 0.3 is 0 Å². The van der Waals surface area contributed by atoms with Gasteiger partial charge in [-0.1, -0.05) is 44.5 Å². The van der Waals surface area contributed by atoms with Crippen LogP contribution in [0.3, 0.4) is 0 Å². The zero-order valence-corrected chi connectivity index (χ0v) is 9.69. The van der Waals surface area contributed by atoms with Crippen LogP contribution < -0.4 is 0 Å². The normalized spacial score (nSPS) is 10.1. The summed E-state index contributed by atoms with van der Waals surface area (Å²) in [4.78, 5) is 1.04. The van der Waals surface area contributed by atoms with E-state index in [0.29, 0.717) is 0 Å². The van der Waals surface area contributed by atoms with Crippen LogP contribution in [0.4, 0.5) is 0 Å². The molecule has 0 spiro atoms. The second-order valence-electron chi connectivity index (χ2n) is 3.58. The first-order valence-corrected chi connectivity index (χ1v) is 5.66. The summed E-state index contributed by atoms with van der Waals surface area (Å²) in [7, 11) is 0. The number of thiol groups is 1. The van der Waals surface area contributed by atoms with Crippen LogP contribution in [0.15, 0.2) is 35.7 Å². The summed E-state index contributed by atoms with van der Waals surface area (Å²) in [6.45, 7) is 6.33. The molecule has 0 N–H and O–H groups in total. The summed E-state index contributed by atoms with van der Waals surface area (Å²) in [6.07, 6.45) is 4.87. The molecule has 1 aromatic rings. The van der Waals surface area contributed by atoms with Crippen LogP contribution in [0.25, 0.3) is 5.57 Å². The van der Waals surface area contributed by atoms with Crippen molar-refractivity contribution in [2.24, 2.45) is 0 Å². The third-order valence-electron chi connectivity index (χ3n) is 2.37. The predicted octanol–water partition coefficient (Wildman–Crippen LogP) is 4.57. The van der Waals surface area contributed by atoms with Crippen molar-refractivity contribution in [3.05, 3.63) is 36.4 Å². The first-order chi connectivity index (χ1) is 6.75. The smallest absolute Gasteiger partial charge is 0.0115 e. The highest BCUT2D eigenvalue weighted by Crippen LogP contribution is 2.24. The molecule has 0 radical (unpaired) electrons. The third kappa shape index (κ3) is 3.22. The van der Waals surface area contributed by atoms with E-state index in [4.69, 9.17) is 0 Å². The quantitative estimate of drug-likeness (QED) is 0.529. The standard InChI is InChI=1S/C13H18S/c1-3-4-5-8-11(2)12-9-6-7-10-13(12)14/h6-7,9-10,14H,2-5,8H2,1H3. The van der Waals surface area contributed by atoms with Gasteiger partial charge in [0.25, 0.3) is 0 Å². The maximum Gasteiger partial charge on any atom is 0.0115 e. The van der Waals surface area contributed by atoms with E-state index in [0.717, 1.165) is 11.3 Å². The molecule has 0 fully saturated rings. The number of hydrogen-bond acceptors (Lipinski definition) is 1. The summed E-state index contributed by atoms with van der Waals surface area (Å²) < 4.78 is 0. The molecule has 0 aliphatic rings. The van der Waals surface area contributed by atoms with Gasteiger partial charge in [0, 0.05) is 4.90 Å². The van der Waals surface area contributed by atoms with E-state index in [9.17, 15) is 0 Å². The monoisotopic (exact) mass is 206 g/mol. The molecule has 76 valence electrons. The number of hydrogen-bond donors (Lipinski definition) is 1. The Morgan fingerprint density at radius 3 is 2.64 bits per heavy atom. The van der Waals surface area contributed by atoms with Crippen molar-refractivity contribution in [3.63, 3.8) is 0 Å². The van der Waals surface area contributed by atoms with Crippen LogP contribution in [0, 0.1) is 0 Å². The molecule has 0 nitrogen and oxygen atoms in total. The van der Waals surface area contributed by atoms with Gasteiger partial charge in [0.15, 0.2) is 0 Å². The van der Waals surface area contributed by atoms with Crippen molar-refractivity contribution in [1.82, 2.24) is 0 Å². The minimum absolute atomic E-state index is 1.04. The minimum Gasteiger partial charge on any atom is -0.143 e. The highest BCUT2D eigenvalue weighted by molar-refractivity contribution is 7.80. The fourth-order valence-corrected chi connectivity index (χ4v) is 1.81. The van der Waals surface area contributed by atoms with E-state index in [-0.39, 0.29) is 0 Å². The van der Waals surface area contributed by atoms with Gasteiger partial charge in [-0.05, 0) is 30.0 Å². The Morgan fingerprint density at radius 1 is 1.29 bits per heavy atom. The maximum absolute atomic E-state index is 4.42.